The average Bonchev–Trinajstić information content (AvgIpc) is 2.84. The van der Waals surface area contributed by atoms with Gasteiger partial charge in [-0.25, -0.2) is 0 Å². The van der Waals surface area contributed by atoms with Crippen LogP contribution in [0.2, 0.25) is 0 Å². The molecule has 2 aromatic carbocycles. The van der Waals surface area contributed by atoms with Gasteiger partial charge in [0.2, 0.25) is 0 Å². The molecule has 0 saturated heterocycles. The molecule has 3 heteroatoms. The summed E-state index contributed by atoms with van der Waals surface area (Å²) >= 11 is 0. The smallest absolute Gasteiger partial charge is 0.130 e. The summed E-state index contributed by atoms with van der Waals surface area (Å²) < 4.78 is 16.6. The van der Waals surface area contributed by atoms with Gasteiger partial charge >= 0.3 is 0 Å². The molecule has 0 fully saturated rings. The first-order valence-electron chi connectivity index (χ1n) is 6.71. The largest absolute Gasteiger partial charge is 0.497 e. The first kappa shape index (κ1) is 12.9. The number of ether oxygens (including phenoxy) is 3. The molecule has 0 saturated carbocycles. The maximum Gasteiger partial charge on any atom is 0.130 e. The Morgan fingerprint density at radius 1 is 0.900 bits per heavy atom. The Morgan fingerprint density at radius 3 is 2.20 bits per heavy atom. The minimum absolute atomic E-state index is 0.0445. The van der Waals surface area contributed by atoms with E-state index in [4.69, 9.17) is 14.2 Å². The van der Waals surface area contributed by atoms with Crippen molar-refractivity contribution >= 4 is 0 Å². The summed E-state index contributed by atoms with van der Waals surface area (Å²) in [7, 11) is 3.36. The van der Waals surface area contributed by atoms with Gasteiger partial charge in [0, 0.05) is 11.5 Å². The molecule has 0 aliphatic carbocycles. The van der Waals surface area contributed by atoms with Gasteiger partial charge in [0.15, 0.2) is 0 Å². The van der Waals surface area contributed by atoms with Gasteiger partial charge in [0.1, 0.15) is 23.4 Å². The lowest BCUT2D eigenvalue weighted by molar-refractivity contribution is 0.216. The van der Waals surface area contributed by atoms with Crippen molar-refractivity contribution in [2.75, 3.05) is 14.2 Å². The first-order chi connectivity index (χ1) is 9.72. The van der Waals surface area contributed by atoms with Crippen molar-refractivity contribution in [3.63, 3.8) is 0 Å². The summed E-state index contributed by atoms with van der Waals surface area (Å²) in [5.41, 5.74) is 2.36. The van der Waals surface area contributed by atoms with Crippen LogP contribution < -0.4 is 14.2 Å². The van der Waals surface area contributed by atoms with E-state index in [-0.39, 0.29) is 6.10 Å². The normalized spacial score (nSPS) is 20.1. The molecule has 20 heavy (non-hydrogen) atoms. The van der Waals surface area contributed by atoms with Gasteiger partial charge in [-0.2, -0.15) is 0 Å². The molecule has 1 heterocycles. The topological polar surface area (TPSA) is 27.7 Å². The molecule has 0 amide bonds. The monoisotopic (exact) mass is 270 g/mol. The summed E-state index contributed by atoms with van der Waals surface area (Å²) in [5.74, 6) is 2.97. The van der Waals surface area contributed by atoms with Gasteiger partial charge < -0.3 is 14.2 Å². The highest BCUT2D eigenvalue weighted by molar-refractivity contribution is 5.47. The molecular weight excluding hydrogens is 252 g/mol. The second-order valence-electron chi connectivity index (χ2n) is 5.00. The van der Waals surface area contributed by atoms with Gasteiger partial charge in [-0.05, 0) is 35.9 Å². The van der Waals surface area contributed by atoms with Crippen molar-refractivity contribution < 1.29 is 14.2 Å². The van der Waals surface area contributed by atoms with Crippen molar-refractivity contribution in [3.05, 3.63) is 53.6 Å². The van der Waals surface area contributed by atoms with E-state index < -0.39 is 0 Å². The number of fused-ring (bicyclic) bond motifs is 1. The van der Waals surface area contributed by atoms with E-state index in [1.54, 1.807) is 14.2 Å². The fourth-order valence-electron chi connectivity index (χ4n) is 2.67. The van der Waals surface area contributed by atoms with Crippen molar-refractivity contribution in [2.24, 2.45) is 0 Å². The zero-order valence-corrected chi connectivity index (χ0v) is 11.9. The van der Waals surface area contributed by atoms with Crippen LogP contribution in [-0.2, 0) is 0 Å². The van der Waals surface area contributed by atoms with Crippen molar-refractivity contribution in [1.82, 2.24) is 0 Å². The van der Waals surface area contributed by atoms with E-state index in [2.05, 4.69) is 25.1 Å². The highest BCUT2D eigenvalue weighted by Crippen LogP contribution is 2.46. The number of methoxy groups -OCH3 is 2. The second-order valence-corrected chi connectivity index (χ2v) is 5.00. The van der Waals surface area contributed by atoms with E-state index in [1.807, 2.05) is 24.3 Å². The van der Waals surface area contributed by atoms with Gasteiger partial charge in [0.25, 0.3) is 0 Å². The molecule has 0 aromatic heterocycles. The summed E-state index contributed by atoms with van der Waals surface area (Å²) in [6, 6.07) is 14.0. The first-order valence-corrected chi connectivity index (χ1v) is 6.71. The summed E-state index contributed by atoms with van der Waals surface area (Å²) in [5, 5.41) is 0. The molecule has 0 N–H and O–H groups in total. The lowest BCUT2D eigenvalue weighted by Gasteiger charge is -2.16. The van der Waals surface area contributed by atoms with Crippen molar-refractivity contribution in [3.8, 4) is 17.2 Å². The van der Waals surface area contributed by atoms with Gasteiger partial charge in [-0.1, -0.05) is 19.1 Å². The van der Waals surface area contributed by atoms with Crippen LogP contribution >= 0.6 is 0 Å². The van der Waals surface area contributed by atoms with Crippen LogP contribution in [0.1, 0.15) is 30.1 Å². The maximum absolute atomic E-state index is 6.08. The lowest BCUT2D eigenvalue weighted by Crippen LogP contribution is -2.07. The van der Waals surface area contributed by atoms with E-state index >= 15 is 0 Å². The van der Waals surface area contributed by atoms with E-state index in [9.17, 15) is 0 Å². The third-order valence-corrected chi connectivity index (χ3v) is 3.86. The molecule has 0 spiro atoms. The molecule has 3 nitrogen and oxygen atoms in total. The van der Waals surface area contributed by atoms with Crippen LogP contribution in [-0.4, -0.2) is 14.2 Å². The Morgan fingerprint density at radius 2 is 1.55 bits per heavy atom. The molecule has 0 bridgehead atoms. The Kier molecular flexibility index (Phi) is 3.26. The number of benzene rings is 2. The van der Waals surface area contributed by atoms with Crippen LogP contribution in [0, 0.1) is 0 Å². The minimum atomic E-state index is 0.0445. The van der Waals surface area contributed by atoms with Gasteiger partial charge in [0.05, 0.1) is 14.2 Å². The minimum Gasteiger partial charge on any atom is -0.497 e. The molecule has 2 aromatic rings. The Hall–Kier alpha value is -2.16. The Balaban J connectivity index is 1.90. The second kappa shape index (κ2) is 5.08. The zero-order chi connectivity index (χ0) is 14.1. The molecule has 0 unspecified atom stereocenters. The summed E-state index contributed by atoms with van der Waals surface area (Å²) in [6.07, 6.45) is 0.0445. The summed E-state index contributed by atoms with van der Waals surface area (Å²) in [6.45, 7) is 2.18. The number of rotatable bonds is 3. The average molecular weight is 270 g/mol. The van der Waals surface area contributed by atoms with E-state index in [0.29, 0.717) is 5.92 Å². The highest BCUT2D eigenvalue weighted by atomic mass is 16.5. The van der Waals surface area contributed by atoms with Gasteiger partial charge in [-0.15, -0.1) is 0 Å². The van der Waals surface area contributed by atoms with Crippen LogP contribution in [0.3, 0.4) is 0 Å². The quantitative estimate of drug-likeness (QED) is 0.845. The predicted molar refractivity (Wildman–Crippen MR) is 77.8 cm³/mol. The molecule has 1 aliphatic heterocycles. The SMILES string of the molecule is COc1ccc([C@@H]2Oc3ccc(OC)cc3[C@H]2C)cc1. The third-order valence-electron chi connectivity index (χ3n) is 3.86. The number of hydrogen-bond donors (Lipinski definition) is 0. The van der Waals surface area contributed by atoms with Crippen molar-refractivity contribution in [2.45, 2.75) is 18.9 Å². The molecule has 3 rings (SSSR count). The zero-order valence-electron chi connectivity index (χ0n) is 11.9. The lowest BCUT2D eigenvalue weighted by atomic mass is 9.93. The number of hydrogen-bond acceptors (Lipinski definition) is 3. The Bertz CT molecular complexity index is 604. The maximum atomic E-state index is 6.08. The van der Waals surface area contributed by atoms with Crippen LogP contribution in [0.5, 0.6) is 17.2 Å². The summed E-state index contributed by atoms with van der Waals surface area (Å²) in [4.78, 5) is 0. The molecular formula is C17H18O3. The van der Waals surface area contributed by atoms with Crippen LogP contribution in [0.4, 0.5) is 0 Å². The molecule has 1 aliphatic rings. The molecule has 2 atom stereocenters. The Labute approximate surface area is 119 Å². The molecule has 0 radical (unpaired) electrons. The van der Waals surface area contributed by atoms with E-state index in [0.717, 1.165) is 22.8 Å². The van der Waals surface area contributed by atoms with Crippen LogP contribution in [0.15, 0.2) is 42.5 Å². The van der Waals surface area contributed by atoms with Gasteiger partial charge in [-0.3, -0.25) is 0 Å². The standard InChI is InChI=1S/C17H18O3/c1-11-15-10-14(19-3)8-9-16(15)20-17(11)12-4-6-13(18-2)7-5-12/h4-11,17H,1-3H3/t11-,17-/m1/s1. The molecule has 104 valence electrons. The van der Waals surface area contributed by atoms with Crippen molar-refractivity contribution in [1.29, 1.82) is 0 Å². The fraction of sp³-hybridized carbons (Fsp3) is 0.294. The highest BCUT2D eigenvalue weighted by Gasteiger charge is 2.32. The fourth-order valence-corrected chi connectivity index (χ4v) is 2.67. The predicted octanol–water partition coefficient (Wildman–Crippen LogP) is 3.94. The van der Waals surface area contributed by atoms with Crippen LogP contribution in [0.25, 0.3) is 0 Å². The third kappa shape index (κ3) is 2.09. The van der Waals surface area contributed by atoms with E-state index in [1.165, 1.54) is 5.56 Å².